The average Bonchev–Trinajstić information content (AvgIpc) is 2.48. The molecule has 1 aromatic rings. The maximum atomic E-state index is 10.6. The lowest BCUT2D eigenvalue weighted by Crippen LogP contribution is -2.07. The molecular weight excluding hydrogens is 168 g/mol. The van der Waals surface area contributed by atoms with Crippen LogP contribution >= 0.6 is 0 Å². The fourth-order valence-electron chi connectivity index (χ4n) is 1.73. The third-order valence-corrected chi connectivity index (χ3v) is 2.44. The van der Waals surface area contributed by atoms with Crippen molar-refractivity contribution in [2.75, 3.05) is 0 Å². The first-order chi connectivity index (χ1) is 6.20. The van der Waals surface area contributed by atoms with E-state index >= 15 is 0 Å². The number of nitrogens with zero attached hydrogens (tertiary/aromatic N) is 1. The molecule has 1 aromatic carbocycles. The van der Waals surface area contributed by atoms with Crippen molar-refractivity contribution >= 4 is 5.69 Å². The Morgan fingerprint density at radius 3 is 3.08 bits per heavy atom. The normalized spacial score (nSPS) is 19.9. The van der Waals surface area contributed by atoms with Crippen LogP contribution in [-0.2, 0) is 6.54 Å². The molecule has 1 atom stereocenters. The van der Waals surface area contributed by atoms with Crippen molar-refractivity contribution in [3.8, 4) is 0 Å². The molecule has 2 rings (SSSR count). The van der Waals surface area contributed by atoms with Gasteiger partial charge in [0.1, 0.15) is 0 Å². The van der Waals surface area contributed by atoms with E-state index in [0.29, 0.717) is 6.54 Å². The Kier molecular flexibility index (Phi) is 1.77. The minimum absolute atomic E-state index is 0.231. The van der Waals surface area contributed by atoms with Crippen LogP contribution in [0.2, 0.25) is 0 Å². The number of hydrogen-bond donors (Lipinski definition) is 1. The maximum Gasteiger partial charge on any atom is 0.274 e. The maximum absolute atomic E-state index is 10.6. The van der Waals surface area contributed by atoms with Crippen molar-refractivity contribution in [3.05, 3.63) is 39.4 Å². The van der Waals surface area contributed by atoms with E-state index in [2.05, 4.69) is 5.32 Å². The molecule has 1 heterocycles. The van der Waals surface area contributed by atoms with E-state index < -0.39 is 0 Å². The van der Waals surface area contributed by atoms with E-state index in [1.807, 2.05) is 13.0 Å². The van der Waals surface area contributed by atoms with Gasteiger partial charge in [0.05, 0.1) is 4.92 Å². The minimum Gasteiger partial charge on any atom is -0.306 e. The lowest BCUT2D eigenvalue weighted by molar-refractivity contribution is -0.385. The summed E-state index contributed by atoms with van der Waals surface area (Å²) in [5.74, 6) is 0. The van der Waals surface area contributed by atoms with Crippen molar-refractivity contribution in [1.29, 1.82) is 0 Å². The molecule has 0 amide bonds. The Labute approximate surface area is 75.7 Å². The number of fused-ring (bicyclic) bond motifs is 1. The van der Waals surface area contributed by atoms with Crippen molar-refractivity contribution < 1.29 is 4.92 Å². The van der Waals surface area contributed by atoms with Gasteiger partial charge in [-0.2, -0.15) is 0 Å². The van der Waals surface area contributed by atoms with Gasteiger partial charge < -0.3 is 5.32 Å². The molecule has 0 saturated carbocycles. The second-order valence-electron chi connectivity index (χ2n) is 3.20. The smallest absolute Gasteiger partial charge is 0.274 e. The molecule has 1 N–H and O–H groups in total. The highest BCUT2D eigenvalue weighted by atomic mass is 16.6. The summed E-state index contributed by atoms with van der Waals surface area (Å²) < 4.78 is 0. The average molecular weight is 178 g/mol. The molecule has 0 radical (unpaired) electrons. The van der Waals surface area contributed by atoms with E-state index in [0.717, 1.165) is 11.1 Å². The topological polar surface area (TPSA) is 55.2 Å². The van der Waals surface area contributed by atoms with Crippen LogP contribution in [0.25, 0.3) is 0 Å². The van der Waals surface area contributed by atoms with Gasteiger partial charge in [-0.1, -0.05) is 12.1 Å². The molecule has 1 aliphatic heterocycles. The van der Waals surface area contributed by atoms with E-state index in [-0.39, 0.29) is 16.7 Å². The Bertz CT molecular complexity index is 363. The molecule has 1 aliphatic rings. The SMILES string of the molecule is C[C@H]1NCc2c1cccc2[N+](=O)[O-]. The monoisotopic (exact) mass is 178 g/mol. The molecule has 0 aliphatic carbocycles. The Hall–Kier alpha value is -1.42. The third kappa shape index (κ3) is 1.19. The molecule has 13 heavy (non-hydrogen) atoms. The highest BCUT2D eigenvalue weighted by Gasteiger charge is 2.25. The lowest BCUT2D eigenvalue weighted by atomic mass is 10.0. The zero-order valence-electron chi connectivity index (χ0n) is 7.28. The van der Waals surface area contributed by atoms with Crippen LogP contribution in [-0.4, -0.2) is 4.92 Å². The molecule has 0 unspecified atom stereocenters. The Morgan fingerprint density at radius 1 is 1.62 bits per heavy atom. The van der Waals surface area contributed by atoms with Crippen molar-refractivity contribution in [3.63, 3.8) is 0 Å². The summed E-state index contributed by atoms with van der Waals surface area (Å²) in [6.07, 6.45) is 0. The van der Waals surface area contributed by atoms with Crippen molar-refractivity contribution in [2.45, 2.75) is 19.5 Å². The summed E-state index contributed by atoms with van der Waals surface area (Å²) in [6, 6.07) is 5.46. The van der Waals surface area contributed by atoms with Gasteiger partial charge in [0.2, 0.25) is 0 Å². The highest BCUT2D eigenvalue weighted by Crippen LogP contribution is 2.31. The predicted octanol–water partition coefficient (Wildman–Crippen LogP) is 1.76. The second-order valence-corrected chi connectivity index (χ2v) is 3.20. The third-order valence-electron chi connectivity index (χ3n) is 2.44. The van der Waals surface area contributed by atoms with Gasteiger partial charge in [0, 0.05) is 24.2 Å². The van der Waals surface area contributed by atoms with E-state index in [4.69, 9.17) is 0 Å². The molecule has 0 fully saturated rings. The number of benzene rings is 1. The standard InChI is InChI=1S/C9H10N2O2/c1-6-7-3-2-4-9(11(12)13)8(7)5-10-6/h2-4,6,10H,5H2,1H3/t6-/m1/s1. The van der Waals surface area contributed by atoms with Gasteiger partial charge in [-0.25, -0.2) is 0 Å². The summed E-state index contributed by atoms with van der Waals surface area (Å²) in [7, 11) is 0. The number of rotatable bonds is 1. The molecule has 0 aromatic heterocycles. The molecule has 0 saturated heterocycles. The van der Waals surface area contributed by atoms with Crippen LogP contribution in [0.4, 0.5) is 5.69 Å². The van der Waals surface area contributed by atoms with Gasteiger partial charge in [-0.05, 0) is 12.5 Å². The van der Waals surface area contributed by atoms with Gasteiger partial charge >= 0.3 is 0 Å². The molecule has 68 valence electrons. The van der Waals surface area contributed by atoms with Gasteiger partial charge in [-0.15, -0.1) is 0 Å². The highest BCUT2D eigenvalue weighted by molar-refractivity contribution is 5.48. The van der Waals surface area contributed by atoms with E-state index in [9.17, 15) is 10.1 Å². The zero-order valence-corrected chi connectivity index (χ0v) is 7.28. The Balaban J connectivity index is 2.57. The first-order valence-corrected chi connectivity index (χ1v) is 4.19. The van der Waals surface area contributed by atoms with Gasteiger partial charge in [0.15, 0.2) is 0 Å². The number of hydrogen-bond acceptors (Lipinski definition) is 3. The van der Waals surface area contributed by atoms with Gasteiger partial charge in [0.25, 0.3) is 5.69 Å². The van der Waals surface area contributed by atoms with Crippen LogP contribution in [0.5, 0.6) is 0 Å². The summed E-state index contributed by atoms with van der Waals surface area (Å²) in [5, 5.41) is 13.8. The van der Waals surface area contributed by atoms with Crippen LogP contribution in [0.15, 0.2) is 18.2 Å². The fraction of sp³-hybridized carbons (Fsp3) is 0.333. The summed E-state index contributed by atoms with van der Waals surface area (Å²) in [6.45, 7) is 2.61. The lowest BCUT2D eigenvalue weighted by Gasteiger charge is -2.02. The predicted molar refractivity (Wildman–Crippen MR) is 48.4 cm³/mol. The molecule has 0 bridgehead atoms. The van der Waals surface area contributed by atoms with Crippen LogP contribution in [0.1, 0.15) is 24.1 Å². The number of nitro groups is 1. The summed E-state index contributed by atoms with van der Waals surface area (Å²) in [4.78, 5) is 10.3. The number of nitrogens with one attached hydrogen (secondary N) is 1. The molecular formula is C9H10N2O2. The van der Waals surface area contributed by atoms with Crippen LogP contribution in [0, 0.1) is 10.1 Å². The summed E-state index contributed by atoms with van der Waals surface area (Å²) in [5.41, 5.74) is 2.11. The van der Waals surface area contributed by atoms with E-state index in [1.54, 1.807) is 12.1 Å². The largest absolute Gasteiger partial charge is 0.306 e. The first-order valence-electron chi connectivity index (χ1n) is 4.19. The summed E-state index contributed by atoms with van der Waals surface area (Å²) >= 11 is 0. The first kappa shape index (κ1) is 8.19. The van der Waals surface area contributed by atoms with E-state index in [1.165, 1.54) is 0 Å². The quantitative estimate of drug-likeness (QED) is 0.526. The molecule has 0 spiro atoms. The molecule has 4 heteroatoms. The minimum atomic E-state index is -0.321. The van der Waals surface area contributed by atoms with Crippen LogP contribution in [0.3, 0.4) is 0 Å². The van der Waals surface area contributed by atoms with Crippen molar-refractivity contribution in [2.24, 2.45) is 0 Å². The van der Waals surface area contributed by atoms with Crippen LogP contribution < -0.4 is 5.32 Å². The zero-order chi connectivity index (χ0) is 9.42. The Morgan fingerprint density at radius 2 is 2.38 bits per heavy atom. The van der Waals surface area contributed by atoms with Gasteiger partial charge in [-0.3, -0.25) is 10.1 Å². The number of nitro benzene ring substituents is 1. The molecule has 4 nitrogen and oxygen atoms in total. The fourth-order valence-corrected chi connectivity index (χ4v) is 1.73. The second kappa shape index (κ2) is 2.81. The van der Waals surface area contributed by atoms with Crippen molar-refractivity contribution in [1.82, 2.24) is 5.32 Å².